The van der Waals surface area contributed by atoms with Gasteiger partial charge in [0.1, 0.15) is 12.3 Å². The van der Waals surface area contributed by atoms with Gasteiger partial charge in [-0.05, 0) is 42.2 Å². The summed E-state index contributed by atoms with van der Waals surface area (Å²) in [4.78, 5) is 47.3. The van der Waals surface area contributed by atoms with E-state index in [0.29, 0.717) is 45.8 Å². The van der Waals surface area contributed by atoms with Crippen molar-refractivity contribution in [3.8, 4) is 5.75 Å². The topological polar surface area (TPSA) is 93.6 Å². The number of hydrogen-bond donors (Lipinski definition) is 1. The van der Waals surface area contributed by atoms with E-state index in [-0.39, 0.29) is 24.4 Å². The average molecular weight is 621 g/mol. The van der Waals surface area contributed by atoms with Gasteiger partial charge in [-0.25, -0.2) is 4.79 Å². The van der Waals surface area contributed by atoms with E-state index in [4.69, 9.17) is 4.74 Å². The van der Waals surface area contributed by atoms with Crippen LogP contribution in [0.2, 0.25) is 0 Å². The number of carboxylic acids is 1. The highest BCUT2D eigenvalue weighted by Gasteiger charge is 2.47. The molecule has 3 heterocycles. The van der Waals surface area contributed by atoms with Crippen molar-refractivity contribution in [2.24, 2.45) is 5.92 Å². The molecule has 2 fully saturated rings. The molecule has 3 atom stereocenters. The number of rotatable bonds is 13. The molecular formula is C35H50N5O5+. The maximum atomic E-state index is 14.2. The number of likely N-dealkylation sites (N-methyl/N-ethyl adjacent to an activating group) is 1. The number of fused-ring (bicyclic) bond motifs is 1. The molecule has 0 aromatic heterocycles. The van der Waals surface area contributed by atoms with Crippen LogP contribution in [-0.4, -0.2) is 122 Å². The van der Waals surface area contributed by atoms with Crippen LogP contribution >= 0.6 is 0 Å². The minimum Gasteiger partial charge on any atom is -0.493 e. The van der Waals surface area contributed by atoms with Crippen molar-refractivity contribution >= 4 is 23.6 Å². The molecular weight excluding hydrogens is 570 g/mol. The van der Waals surface area contributed by atoms with Gasteiger partial charge < -0.3 is 29.0 Å². The van der Waals surface area contributed by atoms with E-state index in [2.05, 4.69) is 51.2 Å². The number of carbonyl (C=O) groups excluding carboxylic acids is 2. The van der Waals surface area contributed by atoms with Crippen molar-refractivity contribution in [1.29, 1.82) is 0 Å². The Balaban J connectivity index is 1.43. The first-order chi connectivity index (χ1) is 21.4. The monoisotopic (exact) mass is 620 g/mol. The van der Waals surface area contributed by atoms with E-state index in [1.54, 1.807) is 16.8 Å². The fourth-order valence-electron chi connectivity index (χ4n) is 7.17. The molecule has 3 amide bonds. The van der Waals surface area contributed by atoms with Crippen molar-refractivity contribution in [3.63, 3.8) is 0 Å². The van der Waals surface area contributed by atoms with Crippen molar-refractivity contribution in [2.45, 2.75) is 51.1 Å². The molecule has 2 aromatic carbocycles. The number of nitrogens with zero attached hydrogens (tertiary/aromatic N) is 5. The predicted octanol–water partition coefficient (Wildman–Crippen LogP) is 3.89. The molecule has 0 bridgehead atoms. The fraction of sp³-hybridized carbons (Fsp3) is 0.571. The van der Waals surface area contributed by atoms with Gasteiger partial charge in [0.25, 0.3) is 0 Å². The summed E-state index contributed by atoms with van der Waals surface area (Å²) in [6.07, 6.45) is 3.13. The van der Waals surface area contributed by atoms with Gasteiger partial charge in [0.2, 0.25) is 5.91 Å². The minimum absolute atomic E-state index is 0.0278. The normalized spacial score (nSPS) is 21.7. The SMILES string of the molecule is CCCCN(C(=O)CN1C[C@H](c2ccc3c(c2)CCO3)C(C(=O)O)[C@@H]1CCN1CCN(C)C1=O)c1cccc(C[N+](C)(C)C)c1. The summed E-state index contributed by atoms with van der Waals surface area (Å²) in [5.74, 6) is -1.01. The summed E-state index contributed by atoms with van der Waals surface area (Å²) in [5, 5.41) is 10.6. The Bertz CT molecular complexity index is 1390. The number of aliphatic carboxylic acids is 1. The summed E-state index contributed by atoms with van der Waals surface area (Å²) in [7, 11) is 8.24. The van der Waals surface area contributed by atoms with E-state index in [1.165, 1.54) is 5.56 Å². The van der Waals surface area contributed by atoms with Crippen LogP contribution in [0.4, 0.5) is 10.5 Å². The minimum atomic E-state index is -0.864. The molecule has 0 saturated carbocycles. The molecule has 10 nitrogen and oxygen atoms in total. The second kappa shape index (κ2) is 13.8. The first kappa shape index (κ1) is 32.8. The second-order valence-electron chi connectivity index (χ2n) is 13.9. The molecule has 45 heavy (non-hydrogen) atoms. The lowest BCUT2D eigenvalue weighted by atomic mass is 9.83. The largest absolute Gasteiger partial charge is 0.493 e. The number of amides is 3. The van der Waals surface area contributed by atoms with E-state index >= 15 is 0 Å². The molecule has 244 valence electrons. The third kappa shape index (κ3) is 7.61. The third-order valence-corrected chi connectivity index (χ3v) is 9.43. The summed E-state index contributed by atoms with van der Waals surface area (Å²) in [5.41, 5.74) is 4.12. The van der Waals surface area contributed by atoms with Gasteiger partial charge in [0.05, 0.1) is 40.2 Å². The smallest absolute Gasteiger partial charge is 0.319 e. The molecule has 0 spiro atoms. The van der Waals surface area contributed by atoms with Gasteiger partial charge in [-0.2, -0.15) is 0 Å². The first-order valence-electron chi connectivity index (χ1n) is 16.4. The summed E-state index contributed by atoms with van der Waals surface area (Å²) in [6, 6.07) is 13.8. The molecule has 0 aliphatic carbocycles. The highest BCUT2D eigenvalue weighted by molar-refractivity contribution is 5.95. The van der Waals surface area contributed by atoms with Crippen LogP contribution in [0, 0.1) is 5.92 Å². The van der Waals surface area contributed by atoms with Crippen LogP contribution < -0.4 is 9.64 Å². The van der Waals surface area contributed by atoms with Gasteiger partial charge in [0, 0.05) is 69.4 Å². The van der Waals surface area contributed by atoms with Gasteiger partial charge in [-0.15, -0.1) is 0 Å². The van der Waals surface area contributed by atoms with Crippen LogP contribution in [0.15, 0.2) is 42.5 Å². The first-order valence-corrected chi connectivity index (χ1v) is 16.4. The number of hydrogen-bond acceptors (Lipinski definition) is 5. The van der Waals surface area contributed by atoms with Crippen LogP contribution in [-0.2, 0) is 22.6 Å². The van der Waals surface area contributed by atoms with Gasteiger partial charge in [0.15, 0.2) is 0 Å². The van der Waals surface area contributed by atoms with Crippen LogP contribution in [0.25, 0.3) is 0 Å². The highest BCUT2D eigenvalue weighted by atomic mass is 16.5. The van der Waals surface area contributed by atoms with Crippen molar-refractivity contribution in [2.75, 3.05) is 79.0 Å². The van der Waals surface area contributed by atoms with Crippen LogP contribution in [0.5, 0.6) is 5.75 Å². The molecule has 3 aliphatic rings. The third-order valence-electron chi connectivity index (χ3n) is 9.43. The lowest BCUT2D eigenvalue weighted by Crippen LogP contribution is -2.46. The number of quaternary nitrogens is 1. The average Bonchev–Trinajstić information content (AvgIpc) is 3.68. The molecule has 2 aromatic rings. The lowest BCUT2D eigenvalue weighted by molar-refractivity contribution is -0.884. The quantitative estimate of drug-likeness (QED) is 0.342. The number of ether oxygens (including phenoxy) is 1. The molecule has 0 radical (unpaired) electrons. The van der Waals surface area contributed by atoms with E-state index < -0.39 is 17.9 Å². The molecule has 5 rings (SSSR count). The molecule has 10 heteroatoms. The van der Waals surface area contributed by atoms with Crippen molar-refractivity contribution in [1.82, 2.24) is 14.7 Å². The number of carbonyl (C=O) groups is 3. The Labute approximate surface area is 267 Å². The molecule has 1 unspecified atom stereocenters. The van der Waals surface area contributed by atoms with E-state index in [0.717, 1.165) is 52.9 Å². The Morgan fingerprint density at radius 2 is 1.91 bits per heavy atom. The maximum Gasteiger partial charge on any atom is 0.319 e. The second-order valence-corrected chi connectivity index (χ2v) is 13.9. The Morgan fingerprint density at radius 3 is 2.60 bits per heavy atom. The zero-order valence-corrected chi connectivity index (χ0v) is 27.6. The predicted molar refractivity (Wildman–Crippen MR) is 175 cm³/mol. The van der Waals surface area contributed by atoms with Crippen molar-refractivity contribution in [3.05, 3.63) is 59.2 Å². The number of anilines is 1. The van der Waals surface area contributed by atoms with Gasteiger partial charge in [-0.1, -0.05) is 37.6 Å². The number of unbranched alkanes of at least 4 members (excludes halogenated alkanes) is 1. The number of likely N-dealkylation sites (tertiary alicyclic amines) is 1. The maximum absolute atomic E-state index is 14.2. The van der Waals surface area contributed by atoms with E-state index in [9.17, 15) is 19.5 Å². The zero-order chi connectivity index (χ0) is 32.3. The van der Waals surface area contributed by atoms with Gasteiger partial charge in [-0.3, -0.25) is 14.5 Å². The molecule has 2 saturated heterocycles. The highest BCUT2D eigenvalue weighted by Crippen LogP contribution is 2.41. The summed E-state index contributed by atoms with van der Waals surface area (Å²) >= 11 is 0. The standard InChI is InChI=1S/C35H49N5O5/c1-6-7-15-39(28-10-8-9-25(20-28)24-40(3,4)5)32(41)23-38-22-29(26-11-12-31-27(21-26)14-19-45-31)33(34(42)43)30(38)13-16-37-18-17-36(2)35(37)44/h8-12,20-21,29-30,33H,6-7,13-19,22-24H2,1-5H3/p+1/t29-,30+,33?/m1/s1. The van der Waals surface area contributed by atoms with Crippen LogP contribution in [0.3, 0.4) is 0 Å². The lowest BCUT2D eigenvalue weighted by Gasteiger charge is -2.31. The molecule has 3 aliphatic heterocycles. The summed E-state index contributed by atoms with van der Waals surface area (Å²) in [6.45, 7) is 6.53. The fourth-order valence-corrected chi connectivity index (χ4v) is 7.17. The zero-order valence-electron chi connectivity index (χ0n) is 27.6. The number of urea groups is 1. The Morgan fingerprint density at radius 1 is 1.11 bits per heavy atom. The van der Waals surface area contributed by atoms with Crippen LogP contribution in [0.1, 0.15) is 48.8 Å². The van der Waals surface area contributed by atoms with Crippen molar-refractivity contribution < 1.29 is 28.7 Å². The van der Waals surface area contributed by atoms with E-state index in [1.807, 2.05) is 29.2 Å². The number of benzene rings is 2. The Hall–Kier alpha value is -3.63. The number of carboxylic acid groups (broad SMARTS) is 1. The van der Waals surface area contributed by atoms with Gasteiger partial charge >= 0.3 is 12.0 Å². The summed E-state index contributed by atoms with van der Waals surface area (Å²) < 4.78 is 6.50. The Kier molecular flexibility index (Phi) is 10.0. The molecule has 1 N–H and O–H groups in total.